The molecule has 0 aliphatic heterocycles. The van der Waals surface area contributed by atoms with Crippen LogP contribution in [0.5, 0.6) is 0 Å². The van der Waals surface area contributed by atoms with Gasteiger partial charge in [-0.2, -0.15) is 0 Å². The van der Waals surface area contributed by atoms with E-state index in [0.29, 0.717) is 0 Å². The van der Waals surface area contributed by atoms with Gasteiger partial charge in [-0.15, -0.1) is 0 Å². The predicted molar refractivity (Wildman–Crippen MR) is 73.5 cm³/mol. The highest BCUT2D eigenvalue weighted by atomic mass is 79.9. The lowest BCUT2D eigenvalue weighted by Gasteiger charge is -2.16. The molecular weight excluding hydrogens is 318 g/mol. The topological polar surface area (TPSA) is 3.24 Å². The van der Waals surface area contributed by atoms with Gasteiger partial charge in [-0.25, -0.2) is 0 Å². The van der Waals surface area contributed by atoms with E-state index in [1.807, 2.05) is 0 Å². The molecule has 84 valence electrons. The van der Waals surface area contributed by atoms with E-state index in [2.05, 4.69) is 68.1 Å². The number of alkyl halides is 1. The molecular formula is C12H17Br2N. The van der Waals surface area contributed by atoms with Crippen molar-refractivity contribution in [3.05, 3.63) is 34.3 Å². The second-order valence-corrected chi connectivity index (χ2v) is 5.47. The maximum absolute atomic E-state index is 3.45. The molecule has 0 heterocycles. The Morgan fingerprint density at radius 3 is 2.40 bits per heavy atom. The lowest BCUT2D eigenvalue weighted by molar-refractivity contribution is 0.321. The lowest BCUT2D eigenvalue weighted by atomic mass is 10.2. The molecule has 0 unspecified atom stereocenters. The number of benzene rings is 1. The molecule has 1 aromatic carbocycles. The number of hydrogen-bond donors (Lipinski definition) is 0. The van der Waals surface area contributed by atoms with Gasteiger partial charge in [-0.05, 0) is 44.1 Å². The molecule has 1 nitrogen and oxygen atoms in total. The molecule has 0 saturated carbocycles. The van der Waals surface area contributed by atoms with Crippen LogP contribution in [-0.2, 0) is 6.54 Å². The van der Waals surface area contributed by atoms with Crippen LogP contribution in [0.4, 0.5) is 0 Å². The molecule has 0 saturated heterocycles. The zero-order valence-corrected chi connectivity index (χ0v) is 12.2. The first kappa shape index (κ1) is 13.2. The Morgan fingerprint density at radius 1 is 1.13 bits per heavy atom. The number of halogens is 2. The number of rotatable bonds is 6. The van der Waals surface area contributed by atoms with Gasteiger partial charge in [0.05, 0.1) is 0 Å². The SMILES string of the molecule is CN(CCCCBr)Cc1ccc(Br)cc1. The van der Waals surface area contributed by atoms with Gasteiger partial charge < -0.3 is 4.90 Å². The van der Waals surface area contributed by atoms with E-state index in [9.17, 15) is 0 Å². The molecule has 0 aliphatic rings. The maximum Gasteiger partial charge on any atom is 0.0230 e. The van der Waals surface area contributed by atoms with Crippen molar-refractivity contribution in [3.8, 4) is 0 Å². The quantitative estimate of drug-likeness (QED) is 0.560. The summed E-state index contributed by atoms with van der Waals surface area (Å²) in [6.07, 6.45) is 2.52. The van der Waals surface area contributed by atoms with Crippen LogP contribution in [0.3, 0.4) is 0 Å². The van der Waals surface area contributed by atoms with Gasteiger partial charge in [0, 0.05) is 16.3 Å². The first-order valence-electron chi connectivity index (χ1n) is 5.21. The Morgan fingerprint density at radius 2 is 1.80 bits per heavy atom. The molecule has 0 radical (unpaired) electrons. The largest absolute Gasteiger partial charge is 0.302 e. The van der Waals surface area contributed by atoms with Crippen LogP contribution >= 0.6 is 31.9 Å². The Kier molecular flexibility index (Phi) is 6.53. The molecule has 0 atom stereocenters. The fraction of sp³-hybridized carbons (Fsp3) is 0.500. The first-order valence-corrected chi connectivity index (χ1v) is 7.13. The molecule has 15 heavy (non-hydrogen) atoms. The number of hydrogen-bond acceptors (Lipinski definition) is 1. The van der Waals surface area contributed by atoms with E-state index in [1.165, 1.54) is 24.9 Å². The molecule has 1 aromatic rings. The normalized spacial score (nSPS) is 10.9. The second-order valence-electron chi connectivity index (χ2n) is 3.76. The molecule has 0 N–H and O–H groups in total. The van der Waals surface area contributed by atoms with Crippen LogP contribution in [0, 0.1) is 0 Å². The van der Waals surface area contributed by atoms with Crippen molar-refractivity contribution in [2.45, 2.75) is 19.4 Å². The summed E-state index contributed by atoms with van der Waals surface area (Å²) >= 11 is 6.89. The van der Waals surface area contributed by atoms with Crippen LogP contribution in [-0.4, -0.2) is 23.8 Å². The molecule has 0 aliphatic carbocycles. The smallest absolute Gasteiger partial charge is 0.0230 e. The fourth-order valence-corrected chi connectivity index (χ4v) is 2.12. The van der Waals surface area contributed by atoms with Gasteiger partial charge in [0.1, 0.15) is 0 Å². The van der Waals surface area contributed by atoms with Gasteiger partial charge in [0.15, 0.2) is 0 Å². The first-order chi connectivity index (χ1) is 7.22. The molecule has 0 bridgehead atoms. The fourth-order valence-electron chi connectivity index (χ4n) is 1.46. The summed E-state index contributed by atoms with van der Waals surface area (Å²) in [7, 11) is 2.18. The molecule has 3 heteroatoms. The number of nitrogens with zero attached hydrogens (tertiary/aromatic N) is 1. The zero-order valence-electron chi connectivity index (χ0n) is 9.05. The van der Waals surface area contributed by atoms with E-state index >= 15 is 0 Å². The van der Waals surface area contributed by atoms with Gasteiger partial charge >= 0.3 is 0 Å². The summed E-state index contributed by atoms with van der Waals surface area (Å²) in [5.74, 6) is 0. The minimum absolute atomic E-state index is 1.04. The van der Waals surface area contributed by atoms with Gasteiger partial charge in [0.2, 0.25) is 0 Å². The third-order valence-electron chi connectivity index (χ3n) is 2.29. The highest BCUT2D eigenvalue weighted by molar-refractivity contribution is 9.10. The van der Waals surface area contributed by atoms with Crippen LogP contribution in [0.2, 0.25) is 0 Å². The van der Waals surface area contributed by atoms with Crippen molar-refractivity contribution in [1.82, 2.24) is 4.90 Å². The molecule has 0 fully saturated rings. The Balaban J connectivity index is 2.31. The Bertz CT molecular complexity index is 271. The Labute approximate surface area is 109 Å². The monoisotopic (exact) mass is 333 g/mol. The Hall–Kier alpha value is 0.140. The predicted octanol–water partition coefficient (Wildman–Crippen LogP) is 4.06. The van der Waals surface area contributed by atoms with Crippen LogP contribution in [0.1, 0.15) is 18.4 Å². The summed E-state index contributed by atoms with van der Waals surface area (Å²) < 4.78 is 1.15. The van der Waals surface area contributed by atoms with Crippen molar-refractivity contribution < 1.29 is 0 Å². The van der Waals surface area contributed by atoms with Crippen molar-refractivity contribution in [2.24, 2.45) is 0 Å². The van der Waals surface area contributed by atoms with Gasteiger partial charge in [-0.1, -0.05) is 44.0 Å². The third-order valence-corrected chi connectivity index (χ3v) is 3.38. The van der Waals surface area contributed by atoms with Gasteiger partial charge in [-0.3, -0.25) is 0 Å². The molecule has 1 rings (SSSR count). The van der Waals surface area contributed by atoms with Crippen LogP contribution < -0.4 is 0 Å². The van der Waals surface area contributed by atoms with E-state index < -0.39 is 0 Å². The van der Waals surface area contributed by atoms with Crippen LogP contribution in [0.15, 0.2) is 28.7 Å². The van der Waals surface area contributed by atoms with E-state index in [0.717, 1.165) is 16.3 Å². The number of unbranched alkanes of at least 4 members (excludes halogenated alkanes) is 1. The summed E-state index contributed by atoms with van der Waals surface area (Å²) in [5, 5.41) is 1.11. The maximum atomic E-state index is 3.45. The molecule has 0 amide bonds. The van der Waals surface area contributed by atoms with Crippen molar-refractivity contribution >= 4 is 31.9 Å². The minimum atomic E-state index is 1.04. The van der Waals surface area contributed by atoms with Crippen molar-refractivity contribution in [2.75, 3.05) is 18.9 Å². The second kappa shape index (κ2) is 7.42. The average molecular weight is 335 g/mol. The third kappa shape index (κ3) is 5.69. The summed E-state index contributed by atoms with van der Waals surface area (Å²) in [4.78, 5) is 2.37. The minimum Gasteiger partial charge on any atom is -0.302 e. The van der Waals surface area contributed by atoms with Crippen molar-refractivity contribution in [1.29, 1.82) is 0 Å². The molecule has 0 aromatic heterocycles. The van der Waals surface area contributed by atoms with E-state index in [-0.39, 0.29) is 0 Å². The van der Waals surface area contributed by atoms with Crippen molar-refractivity contribution in [3.63, 3.8) is 0 Å². The van der Waals surface area contributed by atoms with Crippen LogP contribution in [0.25, 0.3) is 0 Å². The molecule has 0 spiro atoms. The van der Waals surface area contributed by atoms with E-state index in [1.54, 1.807) is 0 Å². The zero-order chi connectivity index (χ0) is 11.1. The lowest BCUT2D eigenvalue weighted by Crippen LogP contribution is -2.19. The summed E-state index contributed by atoms with van der Waals surface area (Å²) in [5.41, 5.74) is 1.37. The highest BCUT2D eigenvalue weighted by Gasteiger charge is 1.99. The van der Waals surface area contributed by atoms with E-state index in [4.69, 9.17) is 0 Å². The summed E-state index contributed by atoms with van der Waals surface area (Å²) in [6, 6.07) is 8.54. The highest BCUT2D eigenvalue weighted by Crippen LogP contribution is 2.11. The van der Waals surface area contributed by atoms with Gasteiger partial charge in [0.25, 0.3) is 0 Å². The standard InChI is InChI=1S/C12H17Br2N/c1-15(9-3-2-8-13)10-11-4-6-12(14)7-5-11/h4-7H,2-3,8-10H2,1H3. The average Bonchev–Trinajstić information content (AvgIpc) is 2.22. The summed E-state index contributed by atoms with van der Waals surface area (Å²) in [6.45, 7) is 2.21.